The molecule has 1 aliphatic rings. The largest absolute Gasteiger partial charge is 0.493 e. The molecule has 1 saturated carbocycles. The van der Waals surface area contributed by atoms with Gasteiger partial charge < -0.3 is 9.47 Å². The first-order valence-corrected chi connectivity index (χ1v) is 14.0. The van der Waals surface area contributed by atoms with Gasteiger partial charge in [-0.25, -0.2) is 9.37 Å². The van der Waals surface area contributed by atoms with Crippen LogP contribution in [0.2, 0.25) is 0 Å². The Balaban J connectivity index is 1.59. The van der Waals surface area contributed by atoms with Gasteiger partial charge in [0, 0.05) is 20.4 Å². The standard InChI is InChI=1S/C29H26Br2FN3O3/c1-37-26-15-22(31)13-20(27(26)38-17-18-6-5-9-23(32)12-18)16-33-35-28(19-7-3-2-4-8-19)34-25-11-10-21(30)14-24(25)29(35)36/h5-6,9-16,19H,2-4,7-8,17H2,1H3. The normalized spacial score (nSPS) is 14.3. The average molecular weight is 643 g/mol. The number of benzene rings is 3. The Hall–Kier alpha value is -3.04. The molecule has 9 heteroatoms. The number of methoxy groups -OCH3 is 1. The Bertz CT molecular complexity index is 1570. The van der Waals surface area contributed by atoms with Crippen LogP contribution >= 0.6 is 31.9 Å². The summed E-state index contributed by atoms with van der Waals surface area (Å²) in [4.78, 5) is 18.6. The third-order valence-electron chi connectivity index (χ3n) is 6.66. The molecule has 4 aromatic rings. The van der Waals surface area contributed by atoms with E-state index >= 15 is 0 Å². The molecule has 196 valence electrons. The van der Waals surface area contributed by atoms with E-state index in [9.17, 15) is 9.18 Å². The topological polar surface area (TPSA) is 65.7 Å². The zero-order valence-corrected chi connectivity index (χ0v) is 24.0. The molecule has 0 radical (unpaired) electrons. The lowest BCUT2D eigenvalue weighted by Crippen LogP contribution is -2.25. The number of halogens is 3. The SMILES string of the molecule is COc1cc(Br)cc(C=Nn2c(C3CCCCC3)nc3ccc(Br)cc3c2=O)c1OCc1cccc(F)c1. The lowest BCUT2D eigenvalue weighted by atomic mass is 9.88. The van der Waals surface area contributed by atoms with Crippen LogP contribution in [0.5, 0.6) is 11.5 Å². The number of nitrogens with zero attached hydrogens (tertiary/aromatic N) is 3. The molecular formula is C29H26Br2FN3O3. The van der Waals surface area contributed by atoms with Crippen LogP contribution in [0.4, 0.5) is 4.39 Å². The number of hydrogen-bond donors (Lipinski definition) is 0. The highest BCUT2D eigenvalue weighted by atomic mass is 79.9. The molecule has 38 heavy (non-hydrogen) atoms. The summed E-state index contributed by atoms with van der Waals surface area (Å²) >= 11 is 6.98. The number of fused-ring (bicyclic) bond motifs is 1. The van der Waals surface area contributed by atoms with Gasteiger partial charge in [-0.1, -0.05) is 63.3 Å². The highest BCUT2D eigenvalue weighted by molar-refractivity contribution is 9.10. The van der Waals surface area contributed by atoms with E-state index < -0.39 is 0 Å². The predicted molar refractivity (Wildman–Crippen MR) is 154 cm³/mol. The van der Waals surface area contributed by atoms with Crippen LogP contribution in [0.15, 0.2) is 73.4 Å². The van der Waals surface area contributed by atoms with E-state index in [1.165, 1.54) is 23.2 Å². The van der Waals surface area contributed by atoms with E-state index in [4.69, 9.17) is 14.5 Å². The van der Waals surface area contributed by atoms with Crippen molar-refractivity contribution in [3.8, 4) is 11.5 Å². The molecule has 0 unspecified atom stereocenters. The molecule has 1 fully saturated rings. The van der Waals surface area contributed by atoms with E-state index in [1.54, 1.807) is 37.6 Å². The Morgan fingerprint density at radius 3 is 2.66 bits per heavy atom. The minimum absolute atomic E-state index is 0.134. The summed E-state index contributed by atoms with van der Waals surface area (Å²) in [6.45, 7) is 0.134. The minimum Gasteiger partial charge on any atom is -0.493 e. The second-order valence-corrected chi connectivity index (χ2v) is 11.1. The first-order chi connectivity index (χ1) is 18.4. The fourth-order valence-electron chi connectivity index (χ4n) is 4.80. The van der Waals surface area contributed by atoms with Crippen molar-refractivity contribution in [2.24, 2.45) is 5.10 Å². The summed E-state index contributed by atoms with van der Waals surface area (Å²) in [6.07, 6.45) is 6.92. The Labute approximate surface area is 236 Å². The predicted octanol–water partition coefficient (Wildman–Crippen LogP) is 7.58. The summed E-state index contributed by atoms with van der Waals surface area (Å²) in [7, 11) is 1.55. The van der Waals surface area contributed by atoms with Gasteiger partial charge in [0.25, 0.3) is 5.56 Å². The molecule has 0 N–H and O–H groups in total. The van der Waals surface area contributed by atoms with Crippen molar-refractivity contribution in [3.63, 3.8) is 0 Å². The third kappa shape index (κ3) is 5.83. The van der Waals surface area contributed by atoms with E-state index in [0.29, 0.717) is 39.4 Å². The van der Waals surface area contributed by atoms with Crippen LogP contribution in [0, 0.1) is 5.82 Å². The molecule has 5 rings (SSSR count). The second-order valence-electron chi connectivity index (χ2n) is 9.27. The number of ether oxygens (including phenoxy) is 2. The van der Waals surface area contributed by atoms with E-state index in [0.717, 1.165) is 34.6 Å². The van der Waals surface area contributed by atoms with Crippen molar-refractivity contribution in [2.45, 2.75) is 44.6 Å². The van der Waals surface area contributed by atoms with Crippen molar-refractivity contribution < 1.29 is 13.9 Å². The average Bonchev–Trinajstić information content (AvgIpc) is 2.92. The van der Waals surface area contributed by atoms with Crippen LogP contribution in [-0.2, 0) is 6.61 Å². The Morgan fingerprint density at radius 1 is 1.08 bits per heavy atom. The zero-order chi connectivity index (χ0) is 26.6. The van der Waals surface area contributed by atoms with Gasteiger partial charge in [0.1, 0.15) is 18.2 Å². The van der Waals surface area contributed by atoms with Crippen molar-refractivity contribution >= 4 is 49.0 Å². The molecule has 1 heterocycles. The molecule has 3 aromatic carbocycles. The number of aromatic nitrogens is 2. The van der Waals surface area contributed by atoms with E-state index in [1.807, 2.05) is 18.2 Å². The second kappa shape index (κ2) is 11.8. The van der Waals surface area contributed by atoms with Crippen molar-refractivity contribution in [2.75, 3.05) is 7.11 Å². The summed E-state index contributed by atoms with van der Waals surface area (Å²) in [5.74, 6) is 1.41. The van der Waals surface area contributed by atoms with Gasteiger partial charge >= 0.3 is 0 Å². The molecule has 0 amide bonds. The maximum absolute atomic E-state index is 13.7. The third-order valence-corrected chi connectivity index (χ3v) is 7.61. The van der Waals surface area contributed by atoms with Crippen LogP contribution in [0.25, 0.3) is 10.9 Å². The highest BCUT2D eigenvalue weighted by Gasteiger charge is 2.23. The van der Waals surface area contributed by atoms with Gasteiger partial charge in [-0.15, -0.1) is 0 Å². The summed E-state index contributed by atoms with van der Waals surface area (Å²) in [5.41, 5.74) is 1.72. The molecule has 0 aliphatic heterocycles. The first-order valence-electron chi connectivity index (χ1n) is 12.4. The fourth-order valence-corrected chi connectivity index (χ4v) is 5.61. The van der Waals surface area contributed by atoms with Crippen LogP contribution in [0.1, 0.15) is 55.0 Å². The maximum Gasteiger partial charge on any atom is 0.282 e. The van der Waals surface area contributed by atoms with Gasteiger partial charge in [-0.3, -0.25) is 4.79 Å². The van der Waals surface area contributed by atoms with Gasteiger partial charge in [0.05, 0.1) is 24.2 Å². The van der Waals surface area contributed by atoms with Crippen LogP contribution in [0.3, 0.4) is 0 Å². The summed E-state index contributed by atoms with van der Waals surface area (Å²) in [6, 6.07) is 15.4. The van der Waals surface area contributed by atoms with Gasteiger partial charge in [0.2, 0.25) is 0 Å². The van der Waals surface area contributed by atoms with Gasteiger partial charge in [-0.2, -0.15) is 9.78 Å². The Kier molecular flexibility index (Phi) is 8.24. The summed E-state index contributed by atoms with van der Waals surface area (Å²) < 4.78 is 28.3. The molecule has 0 bridgehead atoms. The smallest absolute Gasteiger partial charge is 0.282 e. The lowest BCUT2D eigenvalue weighted by molar-refractivity contribution is 0.283. The molecule has 0 spiro atoms. The number of hydrogen-bond acceptors (Lipinski definition) is 5. The summed E-state index contributed by atoms with van der Waals surface area (Å²) in [5, 5.41) is 5.15. The van der Waals surface area contributed by atoms with Crippen molar-refractivity contribution in [1.82, 2.24) is 9.66 Å². The molecule has 0 atom stereocenters. The van der Waals surface area contributed by atoms with Gasteiger partial charge in [0.15, 0.2) is 11.5 Å². The van der Waals surface area contributed by atoms with E-state index in [-0.39, 0.29) is 23.9 Å². The van der Waals surface area contributed by atoms with Crippen LogP contribution in [-0.4, -0.2) is 23.0 Å². The molecule has 1 aromatic heterocycles. The van der Waals surface area contributed by atoms with E-state index in [2.05, 4.69) is 37.0 Å². The Morgan fingerprint density at radius 2 is 1.89 bits per heavy atom. The fraction of sp³-hybridized carbons (Fsp3) is 0.276. The van der Waals surface area contributed by atoms with Crippen LogP contribution < -0.4 is 15.0 Å². The number of rotatable bonds is 7. The monoisotopic (exact) mass is 641 g/mol. The molecular weight excluding hydrogens is 617 g/mol. The zero-order valence-electron chi connectivity index (χ0n) is 20.8. The molecule has 6 nitrogen and oxygen atoms in total. The molecule has 1 aliphatic carbocycles. The minimum atomic E-state index is -0.333. The maximum atomic E-state index is 13.7. The first kappa shape index (κ1) is 26.6. The quantitative estimate of drug-likeness (QED) is 0.195. The highest BCUT2D eigenvalue weighted by Crippen LogP contribution is 2.35. The van der Waals surface area contributed by atoms with Crippen molar-refractivity contribution in [3.05, 3.63) is 96.7 Å². The molecule has 0 saturated heterocycles. The van der Waals surface area contributed by atoms with Crippen molar-refractivity contribution in [1.29, 1.82) is 0 Å². The van der Waals surface area contributed by atoms with Gasteiger partial charge in [-0.05, 0) is 60.9 Å². The lowest BCUT2D eigenvalue weighted by Gasteiger charge is -2.23.